The Morgan fingerprint density at radius 3 is 2.55 bits per heavy atom. The molecular weight excluding hydrogens is 246 g/mol. The number of hydrogen-bond donors (Lipinski definition) is 1. The molecule has 0 radical (unpaired) electrons. The van der Waals surface area contributed by atoms with E-state index in [4.69, 9.17) is 9.97 Å². The van der Waals surface area contributed by atoms with E-state index in [0.717, 1.165) is 42.6 Å². The predicted octanol–water partition coefficient (Wildman–Crippen LogP) is 4.46. The Morgan fingerprint density at radius 2 is 1.95 bits per heavy atom. The molecule has 0 spiro atoms. The zero-order valence-electron chi connectivity index (χ0n) is 13.5. The summed E-state index contributed by atoms with van der Waals surface area (Å²) < 4.78 is 0. The van der Waals surface area contributed by atoms with E-state index in [0.29, 0.717) is 5.92 Å². The molecule has 2 atom stereocenters. The summed E-state index contributed by atoms with van der Waals surface area (Å²) in [7, 11) is 0. The van der Waals surface area contributed by atoms with E-state index in [-0.39, 0.29) is 0 Å². The first-order valence-corrected chi connectivity index (χ1v) is 8.30. The van der Waals surface area contributed by atoms with Crippen molar-refractivity contribution in [2.75, 3.05) is 11.9 Å². The first-order valence-electron chi connectivity index (χ1n) is 8.30. The summed E-state index contributed by atoms with van der Waals surface area (Å²) in [6, 6.07) is 0. The highest BCUT2D eigenvalue weighted by molar-refractivity contribution is 5.46. The van der Waals surface area contributed by atoms with E-state index in [1.807, 2.05) is 0 Å². The molecule has 1 aliphatic carbocycles. The van der Waals surface area contributed by atoms with Gasteiger partial charge in [0.05, 0.1) is 0 Å². The fourth-order valence-electron chi connectivity index (χ4n) is 3.29. The minimum Gasteiger partial charge on any atom is -0.370 e. The molecule has 112 valence electrons. The predicted molar refractivity (Wildman–Crippen MR) is 85.3 cm³/mol. The van der Waals surface area contributed by atoms with Crippen molar-refractivity contribution in [3.8, 4) is 0 Å². The van der Waals surface area contributed by atoms with E-state index in [1.165, 1.54) is 31.2 Å². The SMILES string of the molecule is CCCNc1nc(C2CCC(CC)C2)nc(C)c1CC. The van der Waals surface area contributed by atoms with Crippen molar-refractivity contribution in [3.05, 3.63) is 17.1 Å². The molecule has 3 heteroatoms. The third-order valence-corrected chi connectivity index (χ3v) is 4.61. The summed E-state index contributed by atoms with van der Waals surface area (Å²) in [4.78, 5) is 9.68. The van der Waals surface area contributed by atoms with Crippen LogP contribution in [0, 0.1) is 12.8 Å². The number of aryl methyl sites for hydroxylation is 1. The fraction of sp³-hybridized carbons (Fsp3) is 0.765. The smallest absolute Gasteiger partial charge is 0.134 e. The molecular formula is C17H29N3. The molecule has 20 heavy (non-hydrogen) atoms. The molecule has 1 aromatic heterocycles. The molecule has 1 aliphatic rings. The maximum atomic E-state index is 4.87. The van der Waals surface area contributed by atoms with Gasteiger partial charge in [-0.25, -0.2) is 9.97 Å². The second kappa shape index (κ2) is 7.05. The fourth-order valence-corrected chi connectivity index (χ4v) is 3.29. The molecule has 2 rings (SSSR count). The van der Waals surface area contributed by atoms with Gasteiger partial charge in [0.2, 0.25) is 0 Å². The number of hydrogen-bond acceptors (Lipinski definition) is 3. The van der Waals surface area contributed by atoms with Crippen molar-refractivity contribution in [2.45, 2.75) is 72.1 Å². The Labute approximate surface area is 123 Å². The van der Waals surface area contributed by atoms with Crippen LogP contribution in [-0.2, 0) is 6.42 Å². The highest BCUT2D eigenvalue weighted by atomic mass is 15.0. The van der Waals surface area contributed by atoms with Gasteiger partial charge in [-0.2, -0.15) is 0 Å². The quantitative estimate of drug-likeness (QED) is 0.832. The lowest BCUT2D eigenvalue weighted by Crippen LogP contribution is -2.12. The van der Waals surface area contributed by atoms with Gasteiger partial charge in [0.1, 0.15) is 11.6 Å². The van der Waals surface area contributed by atoms with Crippen LogP contribution >= 0.6 is 0 Å². The average molecular weight is 275 g/mol. The van der Waals surface area contributed by atoms with E-state index in [1.54, 1.807) is 0 Å². The van der Waals surface area contributed by atoms with Gasteiger partial charge in [-0.05, 0) is 44.9 Å². The van der Waals surface area contributed by atoms with E-state index in [9.17, 15) is 0 Å². The van der Waals surface area contributed by atoms with Crippen molar-refractivity contribution in [2.24, 2.45) is 5.92 Å². The molecule has 1 aromatic rings. The van der Waals surface area contributed by atoms with Crippen LogP contribution in [0.3, 0.4) is 0 Å². The number of nitrogens with zero attached hydrogens (tertiary/aromatic N) is 2. The van der Waals surface area contributed by atoms with Crippen molar-refractivity contribution in [1.82, 2.24) is 9.97 Å². The number of nitrogens with one attached hydrogen (secondary N) is 1. The maximum absolute atomic E-state index is 4.87. The summed E-state index contributed by atoms with van der Waals surface area (Å²) in [6.07, 6.45) is 7.30. The zero-order valence-corrected chi connectivity index (χ0v) is 13.5. The summed E-state index contributed by atoms with van der Waals surface area (Å²) in [5.74, 6) is 3.61. The van der Waals surface area contributed by atoms with Gasteiger partial charge >= 0.3 is 0 Å². The zero-order chi connectivity index (χ0) is 14.5. The summed E-state index contributed by atoms with van der Waals surface area (Å²) in [6.45, 7) is 9.80. The molecule has 0 amide bonds. The molecule has 0 bridgehead atoms. The van der Waals surface area contributed by atoms with Crippen LogP contribution in [0.4, 0.5) is 5.82 Å². The lowest BCUT2D eigenvalue weighted by Gasteiger charge is -2.16. The summed E-state index contributed by atoms with van der Waals surface area (Å²) >= 11 is 0. The van der Waals surface area contributed by atoms with E-state index >= 15 is 0 Å². The highest BCUT2D eigenvalue weighted by Crippen LogP contribution is 2.39. The second-order valence-electron chi connectivity index (χ2n) is 6.06. The van der Waals surface area contributed by atoms with Gasteiger partial charge in [-0.15, -0.1) is 0 Å². The number of anilines is 1. The van der Waals surface area contributed by atoms with Gasteiger partial charge in [0.15, 0.2) is 0 Å². The normalized spacial score (nSPS) is 22.2. The summed E-state index contributed by atoms with van der Waals surface area (Å²) in [5, 5.41) is 3.49. The van der Waals surface area contributed by atoms with Crippen LogP contribution in [0.5, 0.6) is 0 Å². The van der Waals surface area contributed by atoms with Crippen molar-refractivity contribution in [1.29, 1.82) is 0 Å². The Morgan fingerprint density at radius 1 is 1.15 bits per heavy atom. The van der Waals surface area contributed by atoms with Crippen LogP contribution in [-0.4, -0.2) is 16.5 Å². The van der Waals surface area contributed by atoms with Crippen LogP contribution in [0.1, 0.15) is 75.9 Å². The topological polar surface area (TPSA) is 37.8 Å². The molecule has 2 unspecified atom stereocenters. The van der Waals surface area contributed by atoms with Gasteiger partial charge in [0.25, 0.3) is 0 Å². The lowest BCUT2D eigenvalue weighted by atomic mass is 10.0. The Bertz CT molecular complexity index is 442. The number of rotatable bonds is 6. The summed E-state index contributed by atoms with van der Waals surface area (Å²) in [5.41, 5.74) is 2.45. The van der Waals surface area contributed by atoms with E-state index in [2.05, 4.69) is 33.0 Å². The molecule has 0 aliphatic heterocycles. The lowest BCUT2D eigenvalue weighted by molar-refractivity contribution is 0.516. The molecule has 1 N–H and O–H groups in total. The first-order chi connectivity index (χ1) is 9.69. The monoisotopic (exact) mass is 275 g/mol. The van der Waals surface area contributed by atoms with Crippen molar-refractivity contribution < 1.29 is 0 Å². The van der Waals surface area contributed by atoms with Crippen LogP contribution in [0.2, 0.25) is 0 Å². The van der Waals surface area contributed by atoms with Crippen molar-refractivity contribution in [3.63, 3.8) is 0 Å². The van der Waals surface area contributed by atoms with Crippen molar-refractivity contribution >= 4 is 5.82 Å². The minimum absolute atomic E-state index is 0.576. The molecule has 1 heterocycles. The Balaban J connectivity index is 2.23. The Kier molecular flexibility index (Phi) is 5.38. The standard InChI is InChI=1S/C17H29N3/c1-5-10-18-17-15(7-3)12(4)19-16(20-17)14-9-8-13(6-2)11-14/h13-14H,5-11H2,1-4H3,(H,18,19,20). The van der Waals surface area contributed by atoms with Crippen LogP contribution < -0.4 is 5.32 Å². The van der Waals surface area contributed by atoms with E-state index < -0.39 is 0 Å². The average Bonchev–Trinajstić information content (AvgIpc) is 2.93. The maximum Gasteiger partial charge on any atom is 0.134 e. The highest BCUT2D eigenvalue weighted by Gasteiger charge is 2.27. The molecule has 3 nitrogen and oxygen atoms in total. The largest absolute Gasteiger partial charge is 0.370 e. The molecule has 1 fully saturated rings. The molecule has 1 saturated carbocycles. The third kappa shape index (κ3) is 3.31. The van der Waals surface area contributed by atoms with Gasteiger partial charge in [0, 0.05) is 23.7 Å². The van der Waals surface area contributed by atoms with Gasteiger partial charge < -0.3 is 5.32 Å². The van der Waals surface area contributed by atoms with Gasteiger partial charge in [-0.3, -0.25) is 0 Å². The third-order valence-electron chi connectivity index (χ3n) is 4.61. The van der Waals surface area contributed by atoms with Gasteiger partial charge in [-0.1, -0.05) is 27.2 Å². The second-order valence-corrected chi connectivity index (χ2v) is 6.06. The van der Waals surface area contributed by atoms with Crippen LogP contribution in [0.25, 0.3) is 0 Å². The number of aromatic nitrogens is 2. The molecule has 0 saturated heterocycles. The Hall–Kier alpha value is -1.12. The molecule has 0 aromatic carbocycles. The minimum atomic E-state index is 0.576. The van der Waals surface area contributed by atoms with Crippen LogP contribution in [0.15, 0.2) is 0 Å². The first kappa shape index (κ1) is 15.3.